The number of hydrogen-bond acceptors (Lipinski definition) is 6. The largest absolute Gasteiger partial charge is 0.465 e. The molecule has 146 valence electrons. The number of nitrogens with zero attached hydrogens (tertiary/aromatic N) is 3. The molecule has 0 aliphatic rings. The van der Waals surface area contributed by atoms with Gasteiger partial charge in [-0.15, -0.1) is 5.10 Å². The predicted molar refractivity (Wildman–Crippen MR) is 103 cm³/mol. The Morgan fingerprint density at radius 1 is 1.18 bits per heavy atom. The van der Waals surface area contributed by atoms with Gasteiger partial charge in [-0.2, -0.15) is 0 Å². The van der Waals surface area contributed by atoms with Gasteiger partial charge in [0.25, 0.3) is 5.91 Å². The molecule has 0 fully saturated rings. The highest BCUT2D eigenvalue weighted by atomic mass is 16.7. The highest BCUT2D eigenvalue weighted by molar-refractivity contribution is 5.93. The molecule has 0 saturated heterocycles. The van der Waals surface area contributed by atoms with Gasteiger partial charge in [0.15, 0.2) is 6.61 Å². The summed E-state index contributed by atoms with van der Waals surface area (Å²) in [6, 6.07) is 14.9. The number of amides is 1. The number of fused-ring (bicyclic) bond motifs is 1. The molecule has 8 heteroatoms. The molecule has 1 N–H and O–H groups in total. The van der Waals surface area contributed by atoms with Crippen LogP contribution in [-0.2, 0) is 16.0 Å². The van der Waals surface area contributed by atoms with Crippen LogP contribution in [0.2, 0.25) is 0 Å². The van der Waals surface area contributed by atoms with Gasteiger partial charge in [0, 0.05) is 6.04 Å². The highest BCUT2D eigenvalue weighted by Gasteiger charge is 2.13. The first-order valence-electron chi connectivity index (χ1n) is 8.97. The molecule has 0 unspecified atom stereocenters. The lowest BCUT2D eigenvalue weighted by atomic mass is 10.1. The van der Waals surface area contributed by atoms with E-state index in [4.69, 9.17) is 9.57 Å². The Morgan fingerprint density at radius 2 is 1.96 bits per heavy atom. The van der Waals surface area contributed by atoms with Gasteiger partial charge in [0.1, 0.15) is 11.0 Å². The number of rotatable bonds is 8. The van der Waals surface area contributed by atoms with Gasteiger partial charge in [-0.1, -0.05) is 35.2 Å². The third-order valence-electron chi connectivity index (χ3n) is 4.27. The van der Waals surface area contributed by atoms with E-state index < -0.39 is 5.97 Å². The molecule has 0 saturated carbocycles. The first kappa shape index (κ1) is 19.3. The SMILES string of the molecule is COC(=O)c1ccc2nnn(OCC(=O)N[C@@H](C)CCc3ccccc3)c2c1. The molecule has 0 bridgehead atoms. The quantitative estimate of drug-likeness (QED) is 0.597. The molecule has 28 heavy (non-hydrogen) atoms. The molecule has 1 amide bonds. The van der Waals surface area contributed by atoms with Crippen molar-refractivity contribution in [2.75, 3.05) is 13.7 Å². The summed E-state index contributed by atoms with van der Waals surface area (Å²) in [5.41, 5.74) is 2.61. The van der Waals surface area contributed by atoms with Crippen molar-refractivity contribution in [2.24, 2.45) is 0 Å². The predicted octanol–water partition coefficient (Wildman–Crippen LogP) is 1.78. The van der Waals surface area contributed by atoms with Crippen LogP contribution in [0.15, 0.2) is 48.5 Å². The van der Waals surface area contributed by atoms with Crippen LogP contribution in [0.1, 0.15) is 29.3 Å². The number of aromatic nitrogens is 3. The smallest absolute Gasteiger partial charge is 0.337 e. The first-order valence-corrected chi connectivity index (χ1v) is 8.97. The third kappa shape index (κ3) is 4.85. The molecule has 3 rings (SSSR count). The zero-order chi connectivity index (χ0) is 19.9. The Bertz CT molecular complexity index is 955. The second-order valence-electron chi connectivity index (χ2n) is 6.42. The van der Waals surface area contributed by atoms with Crippen molar-refractivity contribution in [3.8, 4) is 0 Å². The van der Waals surface area contributed by atoms with Gasteiger partial charge >= 0.3 is 5.97 Å². The number of hydrogen-bond donors (Lipinski definition) is 1. The van der Waals surface area contributed by atoms with Crippen molar-refractivity contribution in [1.82, 2.24) is 20.5 Å². The lowest BCUT2D eigenvalue weighted by Gasteiger charge is -2.14. The first-order chi connectivity index (χ1) is 13.6. The van der Waals surface area contributed by atoms with Crippen molar-refractivity contribution in [3.05, 3.63) is 59.7 Å². The molecule has 3 aromatic rings. The van der Waals surface area contributed by atoms with Crippen LogP contribution in [0.5, 0.6) is 0 Å². The van der Waals surface area contributed by atoms with Crippen LogP contribution >= 0.6 is 0 Å². The molecule has 0 aliphatic heterocycles. The number of esters is 1. The van der Waals surface area contributed by atoms with E-state index in [-0.39, 0.29) is 18.6 Å². The van der Waals surface area contributed by atoms with Crippen LogP contribution < -0.4 is 10.2 Å². The number of aryl methyl sites for hydroxylation is 1. The van der Waals surface area contributed by atoms with Crippen molar-refractivity contribution < 1.29 is 19.2 Å². The number of methoxy groups -OCH3 is 1. The molecule has 1 atom stereocenters. The second-order valence-corrected chi connectivity index (χ2v) is 6.42. The van der Waals surface area contributed by atoms with Crippen molar-refractivity contribution in [3.63, 3.8) is 0 Å². The summed E-state index contributed by atoms with van der Waals surface area (Å²) in [5, 5.41) is 10.7. The van der Waals surface area contributed by atoms with Gasteiger partial charge in [0.05, 0.1) is 12.7 Å². The maximum atomic E-state index is 12.1. The Balaban J connectivity index is 1.53. The van der Waals surface area contributed by atoms with Crippen LogP contribution in [-0.4, -0.2) is 46.8 Å². The van der Waals surface area contributed by atoms with E-state index in [1.165, 1.54) is 12.7 Å². The fourth-order valence-corrected chi connectivity index (χ4v) is 2.77. The summed E-state index contributed by atoms with van der Waals surface area (Å²) in [6.07, 6.45) is 1.71. The number of benzene rings is 2. The Hall–Kier alpha value is -3.42. The van der Waals surface area contributed by atoms with Crippen LogP contribution in [0.4, 0.5) is 0 Å². The number of ether oxygens (including phenoxy) is 1. The minimum absolute atomic E-state index is 0.00900. The maximum absolute atomic E-state index is 12.1. The molecular weight excluding hydrogens is 360 g/mol. The van der Waals surface area contributed by atoms with E-state index >= 15 is 0 Å². The summed E-state index contributed by atoms with van der Waals surface area (Å²) in [7, 11) is 1.31. The molecular formula is C20H22N4O4. The zero-order valence-electron chi connectivity index (χ0n) is 15.8. The molecule has 0 radical (unpaired) electrons. The normalized spacial score (nSPS) is 11.8. The molecule has 2 aromatic carbocycles. The third-order valence-corrected chi connectivity index (χ3v) is 4.27. The summed E-state index contributed by atoms with van der Waals surface area (Å²) in [5.74, 6) is -0.729. The van der Waals surface area contributed by atoms with Gasteiger partial charge in [-0.05, 0) is 48.7 Å². The lowest BCUT2D eigenvalue weighted by Crippen LogP contribution is -2.38. The Morgan fingerprint density at radius 3 is 2.71 bits per heavy atom. The Kier molecular flexibility index (Phi) is 6.21. The monoisotopic (exact) mass is 382 g/mol. The van der Waals surface area contributed by atoms with E-state index in [0.717, 1.165) is 17.7 Å². The minimum Gasteiger partial charge on any atom is -0.465 e. The second kappa shape index (κ2) is 8.98. The van der Waals surface area contributed by atoms with E-state index in [1.807, 2.05) is 25.1 Å². The lowest BCUT2D eigenvalue weighted by molar-refractivity contribution is -0.126. The zero-order valence-corrected chi connectivity index (χ0v) is 15.8. The number of carbonyl (C=O) groups is 2. The molecule has 1 heterocycles. The standard InChI is InChI=1S/C20H22N4O4/c1-14(8-9-15-6-4-3-5-7-15)21-19(25)13-28-24-18-12-16(20(26)27-2)10-11-17(18)22-23-24/h3-7,10-12,14H,8-9,13H2,1-2H3,(H,21,25)/t14-/m0/s1. The molecule has 0 spiro atoms. The molecule has 0 aliphatic carbocycles. The van der Waals surface area contributed by atoms with Gasteiger partial charge in [-0.25, -0.2) is 4.79 Å². The average Bonchev–Trinajstić information content (AvgIpc) is 3.13. The van der Waals surface area contributed by atoms with E-state index in [1.54, 1.807) is 18.2 Å². The average molecular weight is 382 g/mol. The van der Waals surface area contributed by atoms with Gasteiger partial charge in [-0.3, -0.25) is 4.79 Å². The van der Waals surface area contributed by atoms with E-state index in [9.17, 15) is 9.59 Å². The van der Waals surface area contributed by atoms with Gasteiger partial charge < -0.3 is 14.9 Å². The topological polar surface area (TPSA) is 95.3 Å². The number of nitrogens with one attached hydrogen (secondary N) is 1. The fourth-order valence-electron chi connectivity index (χ4n) is 2.77. The van der Waals surface area contributed by atoms with Crippen LogP contribution in [0, 0.1) is 0 Å². The maximum Gasteiger partial charge on any atom is 0.337 e. The fraction of sp³-hybridized carbons (Fsp3) is 0.300. The Labute approximate surface area is 162 Å². The summed E-state index contributed by atoms with van der Waals surface area (Å²) in [4.78, 5) is 30.4. The van der Waals surface area contributed by atoms with Gasteiger partial charge in [0.2, 0.25) is 0 Å². The number of carbonyl (C=O) groups excluding carboxylic acids is 2. The summed E-state index contributed by atoms with van der Waals surface area (Å²) in [6.45, 7) is 1.74. The summed E-state index contributed by atoms with van der Waals surface area (Å²) >= 11 is 0. The molecule has 8 nitrogen and oxygen atoms in total. The van der Waals surface area contributed by atoms with Crippen LogP contribution in [0.3, 0.4) is 0 Å². The summed E-state index contributed by atoms with van der Waals surface area (Å²) < 4.78 is 4.70. The van der Waals surface area contributed by atoms with Crippen molar-refractivity contribution in [2.45, 2.75) is 25.8 Å². The minimum atomic E-state index is -0.473. The van der Waals surface area contributed by atoms with E-state index in [2.05, 4.69) is 27.8 Å². The van der Waals surface area contributed by atoms with E-state index in [0.29, 0.717) is 16.6 Å². The van der Waals surface area contributed by atoms with Crippen LogP contribution in [0.25, 0.3) is 11.0 Å². The molecule has 1 aromatic heterocycles. The van der Waals surface area contributed by atoms with Crippen molar-refractivity contribution in [1.29, 1.82) is 0 Å². The highest BCUT2D eigenvalue weighted by Crippen LogP contribution is 2.13. The van der Waals surface area contributed by atoms with Crippen molar-refractivity contribution >= 4 is 22.9 Å².